The summed E-state index contributed by atoms with van der Waals surface area (Å²) in [6, 6.07) is 4.33. The Kier molecular flexibility index (Phi) is 3.29. The molecule has 1 saturated carbocycles. The van der Waals surface area contributed by atoms with Crippen molar-refractivity contribution < 1.29 is 0 Å². The molecule has 1 fully saturated rings. The number of halogens is 1. The van der Waals surface area contributed by atoms with Gasteiger partial charge in [0.2, 0.25) is 0 Å². The van der Waals surface area contributed by atoms with Crippen molar-refractivity contribution in [3.63, 3.8) is 0 Å². The van der Waals surface area contributed by atoms with Crippen molar-refractivity contribution in [3.05, 3.63) is 23.9 Å². The van der Waals surface area contributed by atoms with Gasteiger partial charge in [0.1, 0.15) is 5.82 Å². The van der Waals surface area contributed by atoms with E-state index in [9.17, 15) is 0 Å². The molecule has 0 N–H and O–H groups in total. The molecule has 82 valence electrons. The molecule has 2 unspecified atom stereocenters. The first-order valence-electron chi connectivity index (χ1n) is 5.44. The van der Waals surface area contributed by atoms with Gasteiger partial charge in [0.05, 0.1) is 0 Å². The number of pyridine rings is 1. The first kappa shape index (κ1) is 10.9. The summed E-state index contributed by atoms with van der Waals surface area (Å²) in [5, 5.41) is 0. The average Bonchev–Trinajstić information content (AvgIpc) is 2.65. The van der Waals surface area contributed by atoms with Gasteiger partial charge in [-0.05, 0) is 36.8 Å². The lowest BCUT2D eigenvalue weighted by Crippen LogP contribution is -2.10. The van der Waals surface area contributed by atoms with Crippen LogP contribution in [0.2, 0.25) is 0 Å². The molecule has 2 atom stereocenters. The van der Waals surface area contributed by atoms with Crippen LogP contribution in [-0.2, 0) is 0 Å². The second-order valence-electron chi connectivity index (χ2n) is 4.45. The van der Waals surface area contributed by atoms with Gasteiger partial charge in [-0.1, -0.05) is 22.0 Å². The topological polar surface area (TPSA) is 16.1 Å². The Bertz CT molecular complexity index is 321. The van der Waals surface area contributed by atoms with Crippen LogP contribution < -0.4 is 4.90 Å². The number of rotatable bonds is 2. The quantitative estimate of drug-likeness (QED) is 0.766. The van der Waals surface area contributed by atoms with Crippen molar-refractivity contribution in [2.24, 2.45) is 0 Å². The van der Waals surface area contributed by atoms with Gasteiger partial charge in [-0.25, -0.2) is 4.98 Å². The van der Waals surface area contributed by atoms with Crippen LogP contribution in [0.5, 0.6) is 0 Å². The molecule has 0 saturated heterocycles. The number of hydrogen-bond donors (Lipinski definition) is 0. The number of alkyl halides is 1. The highest BCUT2D eigenvalue weighted by Gasteiger charge is 2.23. The molecular formula is C12H17BrN2. The molecule has 0 radical (unpaired) electrons. The summed E-state index contributed by atoms with van der Waals surface area (Å²) in [5.74, 6) is 1.74. The number of hydrogen-bond acceptors (Lipinski definition) is 2. The zero-order chi connectivity index (χ0) is 10.8. The second kappa shape index (κ2) is 4.52. The van der Waals surface area contributed by atoms with E-state index in [0.29, 0.717) is 10.7 Å². The first-order valence-corrected chi connectivity index (χ1v) is 6.35. The predicted octanol–water partition coefficient (Wildman–Crippen LogP) is 3.18. The van der Waals surface area contributed by atoms with Crippen LogP contribution in [0.4, 0.5) is 5.82 Å². The van der Waals surface area contributed by atoms with Crippen molar-refractivity contribution in [3.8, 4) is 0 Å². The molecule has 0 amide bonds. The molecule has 0 bridgehead atoms. The zero-order valence-electron chi connectivity index (χ0n) is 9.28. The third-order valence-electron chi connectivity index (χ3n) is 3.07. The van der Waals surface area contributed by atoms with Crippen LogP contribution >= 0.6 is 15.9 Å². The molecule has 1 aromatic heterocycles. The molecule has 2 rings (SSSR count). The van der Waals surface area contributed by atoms with Crippen LogP contribution in [0, 0.1) is 0 Å². The Morgan fingerprint density at radius 3 is 2.60 bits per heavy atom. The highest BCUT2D eigenvalue weighted by molar-refractivity contribution is 9.09. The summed E-state index contributed by atoms with van der Waals surface area (Å²) < 4.78 is 0. The minimum atomic E-state index is 0.705. The van der Waals surface area contributed by atoms with Crippen molar-refractivity contribution >= 4 is 21.7 Å². The van der Waals surface area contributed by atoms with Gasteiger partial charge in [0, 0.05) is 25.1 Å². The number of anilines is 1. The molecule has 2 nitrogen and oxygen atoms in total. The van der Waals surface area contributed by atoms with Crippen LogP contribution in [0.3, 0.4) is 0 Å². The van der Waals surface area contributed by atoms with Gasteiger partial charge in [-0.3, -0.25) is 0 Å². The van der Waals surface area contributed by atoms with Crippen LogP contribution in [0.1, 0.15) is 30.7 Å². The Labute approximate surface area is 99.8 Å². The van der Waals surface area contributed by atoms with E-state index in [1.807, 2.05) is 25.2 Å². The van der Waals surface area contributed by atoms with E-state index in [-0.39, 0.29) is 0 Å². The third kappa shape index (κ3) is 2.51. The van der Waals surface area contributed by atoms with Crippen LogP contribution in [0.15, 0.2) is 18.3 Å². The molecule has 1 aromatic rings. The fraction of sp³-hybridized carbons (Fsp3) is 0.583. The van der Waals surface area contributed by atoms with E-state index in [1.165, 1.54) is 24.8 Å². The average molecular weight is 269 g/mol. The van der Waals surface area contributed by atoms with Gasteiger partial charge in [-0.15, -0.1) is 0 Å². The van der Waals surface area contributed by atoms with E-state index >= 15 is 0 Å². The second-order valence-corrected chi connectivity index (χ2v) is 5.75. The summed E-state index contributed by atoms with van der Waals surface area (Å²) in [6.07, 6.45) is 5.87. The molecular weight excluding hydrogens is 252 g/mol. The van der Waals surface area contributed by atoms with Gasteiger partial charge in [0.25, 0.3) is 0 Å². The standard InChI is InChI=1S/C12H17BrN2/c1-15(2)12-6-4-10(8-14-12)9-3-5-11(13)7-9/h4,6,8-9,11H,3,5,7H2,1-2H3. The Morgan fingerprint density at radius 1 is 1.33 bits per heavy atom. The lowest BCUT2D eigenvalue weighted by molar-refractivity contribution is 0.721. The monoisotopic (exact) mass is 268 g/mol. The number of aromatic nitrogens is 1. The Balaban J connectivity index is 2.10. The van der Waals surface area contributed by atoms with Crippen LogP contribution in [-0.4, -0.2) is 23.9 Å². The maximum atomic E-state index is 4.46. The highest BCUT2D eigenvalue weighted by atomic mass is 79.9. The first-order chi connectivity index (χ1) is 7.16. The van der Waals surface area contributed by atoms with Crippen molar-refractivity contribution in [2.45, 2.75) is 30.0 Å². The molecule has 0 spiro atoms. The van der Waals surface area contributed by atoms with Gasteiger partial charge in [-0.2, -0.15) is 0 Å². The van der Waals surface area contributed by atoms with Crippen molar-refractivity contribution in [1.82, 2.24) is 4.98 Å². The molecule has 15 heavy (non-hydrogen) atoms. The lowest BCUT2D eigenvalue weighted by Gasteiger charge is -2.13. The van der Waals surface area contributed by atoms with E-state index in [0.717, 1.165) is 5.82 Å². The minimum Gasteiger partial charge on any atom is -0.363 e. The SMILES string of the molecule is CN(C)c1ccc(C2CCC(Br)C2)cn1. The fourth-order valence-electron chi connectivity index (χ4n) is 2.13. The maximum absolute atomic E-state index is 4.46. The van der Waals surface area contributed by atoms with Gasteiger partial charge >= 0.3 is 0 Å². The predicted molar refractivity (Wildman–Crippen MR) is 67.9 cm³/mol. The molecule has 3 heteroatoms. The third-order valence-corrected chi connectivity index (χ3v) is 3.90. The molecule has 0 aliphatic heterocycles. The van der Waals surface area contributed by atoms with Gasteiger partial charge < -0.3 is 4.90 Å². The smallest absolute Gasteiger partial charge is 0.127 e. The summed E-state index contributed by atoms with van der Waals surface area (Å²) in [6.45, 7) is 0. The molecule has 1 aliphatic carbocycles. The summed E-state index contributed by atoms with van der Waals surface area (Å²) in [7, 11) is 4.04. The largest absolute Gasteiger partial charge is 0.363 e. The van der Waals surface area contributed by atoms with E-state index in [2.05, 4.69) is 33.0 Å². The molecule has 1 heterocycles. The summed E-state index contributed by atoms with van der Waals surface area (Å²) in [5.41, 5.74) is 1.39. The number of nitrogens with zero attached hydrogens (tertiary/aromatic N) is 2. The lowest BCUT2D eigenvalue weighted by atomic mass is 10.00. The normalized spacial score (nSPS) is 25.5. The van der Waals surface area contributed by atoms with E-state index in [4.69, 9.17) is 0 Å². The zero-order valence-corrected chi connectivity index (χ0v) is 10.9. The molecule has 0 aromatic carbocycles. The van der Waals surface area contributed by atoms with Crippen molar-refractivity contribution in [1.29, 1.82) is 0 Å². The van der Waals surface area contributed by atoms with Crippen LogP contribution in [0.25, 0.3) is 0 Å². The summed E-state index contributed by atoms with van der Waals surface area (Å²) in [4.78, 5) is 7.20. The van der Waals surface area contributed by atoms with Gasteiger partial charge in [0.15, 0.2) is 0 Å². The molecule has 1 aliphatic rings. The van der Waals surface area contributed by atoms with Crippen molar-refractivity contribution in [2.75, 3.05) is 19.0 Å². The van der Waals surface area contributed by atoms with E-state index in [1.54, 1.807) is 0 Å². The van der Waals surface area contributed by atoms with E-state index < -0.39 is 0 Å². The minimum absolute atomic E-state index is 0.705. The Morgan fingerprint density at radius 2 is 2.13 bits per heavy atom. The maximum Gasteiger partial charge on any atom is 0.127 e. The Hall–Kier alpha value is -0.570. The fourth-order valence-corrected chi connectivity index (χ4v) is 2.85. The summed E-state index contributed by atoms with van der Waals surface area (Å²) >= 11 is 3.69. The highest BCUT2D eigenvalue weighted by Crippen LogP contribution is 2.37.